The van der Waals surface area contributed by atoms with Gasteiger partial charge in [-0.05, 0) is 25.1 Å². The van der Waals surface area contributed by atoms with Crippen LogP contribution in [0.25, 0.3) is 0 Å². The maximum absolute atomic E-state index is 3.86. The molecule has 0 unspecified atom stereocenters. The SMILES string of the molecule is C=C/C=C(CBC(C)C)\C(CNC)=C(\C)C=C. The Morgan fingerprint density at radius 1 is 1.35 bits per heavy atom. The first-order valence-corrected chi connectivity index (χ1v) is 6.35. The maximum atomic E-state index is 3.86. The van der Waals surface area contributed by atoms with Crippen LogP contribution in [0.3, 0.4) is 0 Å². The van der Waals surface area contributed by atoms with Crippen LogP contribution in [0, 0.1) is 0 Å². The molecule has 0 heterocycles. The van der Waals surface area contributed by atoms with Crippen molar-refractivity contribution in [1.82, 2.24) is 5.32 Å². The van der Waals surface area contributed by atoms with Crippen LogP contribution in [-0.4, -0.2) is 20.9 Å². The summed E-state index contributed by atoms with van der Waals surface area (Å²) in [5, 5.41) is 3.23. The lowest BCUT2D eigenvalue weighted by molar-refractivity contribution is 0.876. The van der Waals surface area contributed by atoms with Crippen molar-refractivity contribution in [3.8, 4) is 0 Å². The van der Waals surface area contributed by atoms with Crippen molar-refractivity contribution in [3.05, 3.63) is 48.1 Å². The summed E-state index contributed by atoms with van der Waals surface area (Å²) in [6, 6.07) is 0. The van der Waals surface area contributed by atoms with Gasteiger partial charge < -0.3 is 5.32 Å². The summed E-state index contributed by atoms with van der Waals surface area (Å²) in [4.78, 5) is 0. The molecular weight excluding hydrogens is 205 g/mol. The average Bonchev–Trinajstić information content (AvgIpc) is 2.30. The van der Waals surface area contributed by atoms with Gasteiger partial charge in [0, 0.05) is 6.54 Å². The second-order valence-electron chi connectivity index (χ2n) is 4.76. The van der Waals surface area contributed by atoms with E-state index in [9.17, 15) is 0 Å². The summed E-state index contributed by atoms with van der Waals surface area (Å²) in [6.07, 6.45) is 7.04. The van der Waals surface area contributed by atoms with Crippen LogP contribution >= 0.6 is 0 Å². The highest BCUT2D eigenvalue weighted by molar-refractivity contribution is 6.38. The lowest BCUT2D eigenvalue weighted by atomic mass is 9.61. The van der Waals surface area contributed by atoms with Crippen LogP contribution < -0.4 is 5.32 Å². The molecule has 1 N–H and O–H groups in total. The molecule has 0 atom stereocenters. The van der Waals surface area contributed by atoms with Gasteiger partial charge >= 0.3 is 0 Å². The third kappa shape index (κ3) is 6.33. The molecule has 1 nitrogen and oxygen atoms in total. The Morgan fingerprint density at radius 2 is 2.00 bits per heavy atom. The van der Waals surface area contributed by atoms with E-state index >= 15 is 0 Å². The molecule has 0 aliphatic rings. The molecule has 0 bridgehead atoms. The zero-order chi connectivity index (χ0) is 13.3. The molecule has 0 amide bonds. The third-order valence-corrected chi connectivity index (χ3v) is 2.83. The number of rotatable bonds is 8. The first kappa shape index (κ1) is 16.0. The first-order chi connectivity index (χ1) is 8.06. The van der Waals surface area contributed by atoms with Crippen molar-refractivity contribution in [2.45, 2.75) is 32.9 Å². The number of hydrogen-bond donors (Lipinski definition) is 1. The summed E-state index contributed by atoms with van der Waals surface area (Å²) >= 11 is 0. The van der Waals surface area contributed by atoms with E-state index in [1.165, 1.54) is 24.0 Å². The van der Waals surface area contributed by atoms with E-state index in [1.54, 1.807) is 0 Å². The normalized spacial score (nSPS) is 13.4. The Balaban J connectivity index is 5.04. The van der Waals surface area contributed by atoms with Gasteiger partial charge in [0.05, 0.1) is 0 Å². The quantitative estimate of drug-likeness (QED) is 0.498. The van der Waals surface area contributed by atoms with Gasteiger partial charge in [0.25, 0.3) is 0 Å². The van der Waals surface area contributed by atoms with Gasteiger partial charge in [-0.2, -0.15) is 0 Å². The molecule has 0 fully saturated rings. The molecule has 0 spiro atoms. The Kier molecular flexibility index (Phi) is 8.52. The van der Waals surface area contributed by atoms with E-state index < -0.39 is 0 Å². The summed E-state index contributed by atoms with van der Waals surface area (Å²) in [5.74, 6) is 0.725. The predicted molar refractivity (Wildman–Crippen MR) is 82.2 cm³/mol. The van der Waals surface area contributed by atoms with Gasteiger partial charge in [-0.15, -0.1) is 0 Å². The zero-order valence-corrected chi connectivity index (χ0v) is 11.8. The molecule has 0 aromatic carbocycles. The molecule has 0 saturated carbocycles. The van der Waals surface area contributed by atoms with E-state index in [0.29, 0.717) is 0 Å². The molecule has 0 aromatic rings. The number of nitrogens with one attached hydrogen (secondary N) is 1. The van der Waals surface area contributed by atoms with E-state index in [-0.39, 0.29) is 0 Å². The van der Waals surface area contributed by atoms with Crippen molar-refractivity contribution < 1.29 is 0 Å². The van der Waals surface area contributed by atoms with Gasteiger partial charge in [-0.3, -0.25) is 0 Å². The molecule has 94 valence electrons. The summed E-state index contributed by atoms with van der Waals surface area (Å²) in [6.45, 7) is 15.2. The standard InChI is InChI=1S/C15H26BN/c1-7-9-14(10-16-12(3)4)15(11-17-6)13(5)8-2/h7-9,12,16-17H,1-2,10-11H2,3-6H3/b14-9-,15-13-. The van der Waals surface area contributed by atoms with Crippen molar-refractivity contribution in [2.75, 3.05) is 13.6 Å². The summed E-state index contributed by atoms with van der Waals surface area (Å²) in [7, 11) is 3.18. The van der Waals surface area contributed by atoms with E-state index in [1.807, 2.05) is 19.2 Å². The number of hydrogen-bond acceptors (Lipinski definition) is 1. The Labute approximate surface area is 108 Å². The maximum Gasteiger partial charge on any atom is 0.128 e. The van der Waals surface area contributed by atoms with Gasteiger partial charge in [0.2, 0.25) is 0 Å². The van der Waals surface area contributed by atoms with Gasteiger partial charge in [0.1, 0.15) is 7.28 Å². The molecule has 0 saturated heterocycles. The molecule has 0 aromatic heterocycles. The molecule has 17 heavy (non-hydrogen) atoms. The van der Waals surface area contributed by atoms with Gasteiger partial charge in [-0.1, -0.05) is 62.9 Å². The third-order valence-electron chi connectivity index (χ3n) is 2.83. The van der Waals surface area contributed by atoms with Crippen molar-refractivity contribution in [3.63, 3.8) is 0 Å². The lowest BCUT2D eigenvalue weighted by Crippen LogP contribution is -2.14. The van der Waals surface area contributed by atoms with E-state index in [0.717, 1.165) is 18.7 Å². The highest BCUT2D eigenvalue weighted by Crippen LogP contribution is 2.20. The van der Waals surface area contributed by atoms with Crippen LogP contribution in [0.1, 0.15) is 20.8 Å². The second-order valence-corrected chi connectivity index (χ2v) is 4.76. The van der Waals surface area contributed by atoms with Crippen LogP contribution in [0.15, 0.2) is 48.1 Å². The summed E-state index contributed by atoms with van der Waals surface area (Å²) < 4.78 is 0. The second kappa shape index (κ2) is 9.06. The fraction of sp³-hybridized carbons (Fsp3) is 0.467. The predicted octanol–water partition coefficient (Wildman–Crippen LogP) is 3.50. The van der Waals surface area contributed by atoms with Crippen LogP contribution in [0.5, 0.6) is 0 Å². The first-order valence-electron chi connectivity index (χ1n) is 6.35. The lowest BCUT2D eigenvalue weighted by Gasteiger charge is -2.15. The Hall–Kier alpha value is -1.02. The molecule has 0 radical (unpaired) electrons. The average molecular weight is 231 g/mol. The zero-order valence-electron chi connectivity index (χ0n) is 11.8. The largest absolute Gasteiger partial charge is 0.316 e. The molecular formula is C15H26BN. The minimum Gasteiger partial charge on any atom is -0.316 e. The minimum atomic E-state index is 0.725. The van der Waals surface area contributed by atoms with Gasteiger partial charge in [0.15, 0.2) is 0 Å². The van der Waals surface area contributed by atoms with Crippen LogP contribution in [0.2, 0.25) is 12.1 Å². The molecule has 0 aliphatic carbocycles. The topological polar surface area (TPSA) is 12.0 Å². The number of likely N-dealkylation sites (N-methyl/N-ethyl adjacent to an activating group) is 1. The highest BCUT2D eigenvalue weighted by Gasteiger charge is 2.08. The molecule has 2 heteroatoms. The van der Waals surface area contributed by atoms with E-state index in [4.69, 9.17) is 0 Å². The van der Waals surface area contributed by atoms with Crippen molar-refractivity contribution in [1.29, 1.82) is 0 Å². The Morgan fingerprint density at radius 3 is 2.41 bits per heavy atom. The van der Waals surface area contributed by atoms with Crippen LogP contribution in [0.4, 0.5) is 0 Å². The summed E-state index contributed by atoms with van der Waals surface area (Å²) in [5.41, 5.74) is 3.97. The monoisotopic (exact) mass is 231 g/mol. The fourth-order valence-corrected chi connectivity index (χ4v) is 1.73. The highest BCUT2D eigenvalue weighted by atomic mass is 14.8. The van der Waals surface area contributed by atoms with Gasteiger partial charge in [-0.25, -0.2) is 0 Å². The van der Waals surface area contributed by atoms with Crippen molar-refractivity contribution in [2.24, 2.45) is 0 Å². The molecule has 0 rings (SSSR count). The smallest absolute Gasteiger partial charge is 0.128 e. The minimum absolute atomic E-state index is 0.725. The van der Waals surface area contributed by atoms with Crippen molar-refractivity contribution >= 4 is 7.28 Å². The Bertz CT molecular complexity index is 311. The molecule has 0 aliphatic heterocycles. The van der Waals surface area contributed by atoms with Crippen LogP contribution in [-0.2, 0) is 0 Å². The van der Waals surface area contributed by atoms with E-state index in [2.05, 4.69) is 45.3 Å². The number of allylic oxidation sites excluding steroid dienone is 4. The fourth-order valence-electron chi connectivity index (χ4n) is 1.73.